The summed E-state index contributed by atoms with van der Waals surface area (Å²) in [5.74, 6) is 0.300. The molecule has 2 aromatic rings. The maximum Gasteiger partial charge on any atom is 0.308 e. The van der Waals surface area contributed by atoms with Gasteiger partial charge in [-0.1, -0.05) is 13.0 Å². The van der Waals surface area contributed by atoms with Gasteiger partial charge >= 0.3 is 5.97 Å². The normalized spacial score (nSPS) is 11.0. The van der Waals surface area contributed by atoms with Crippen LogP contribution in [-0.2, 0) is 11.2 Å². The summed E-state index contributed by atoms with van der Waals surface area (Å²) in [7, 11) is 0. The summed E-state index contributed by atoms with van der Waals surface area (Å²) in [6.07, 6.45) is 6.08. The van der Waals surface area contributed by atoms with Crippen molar-refractivity contribution in [2.75, 3.05) is 19.6 Å². The third kappa shape index (κ3) is 4.21. The number of ether oxygens (including phenoxy) is 1. The summed E-state index contributed by atoms with van der Waals surface area (Å²) in [6.45, 7) is 10.4. The molecule has 4 heteroatoms. The van der Waals surface area contributed by atoms with Crippen LogP contribution in [0.5, 0.6) is 5.75 Å². The monoisotopic (exact) mass is 300 g/mol. The smallest absolute Gasteiger partial charge is 0.308 e. The first kappa shape index (κ1) is 16.3. The molecule has 0 amide bonds. The number of rotatable bonds is 8. The van der Waals surface area contributed by atoms with Gasteiger partial charge in [0.15, 0.2) is 0 Å². The van der Waals surface area contributed by atoms with Crippen LogP contribution < -0.4 is 4.74 Å². The lowest BCUT2D eigenvalue weighted by Gasteiger charge is -2.19. The van der Waals surface area contributed by atoms with Crippen LogP contribution in [0.4, 0.5) is 0 Å². The molecule has 1 aromatic carbocycles. The number of hydrogen-bond acceptors (Lipinski definition) is 3. The summed E-state index contributed by atoms with van der Waals surface area (Å²) in [5.41, 5.74) is 2.31. The lowest BCUT2D eigenvalue weighted by Crippen LogP contribution is -2.27. The van der Waals surface area contributed by atoms with Crippen LogP contribution >= 0.6 is 0 Å². The molecule has 0 spiro atoms. The summed E-state index contributed by atoms with van der Waals surface area (Å²) in [4.78, 5) is 16.8. The van der Waals surface area contributed by atoms with E-state index in [1.165, 1.54) is 12.5 Å². The minimum Gasteiger partial charge on any atom is -0.427 e. The third-order valence-corrected chi connectivity index (χ3v) is 3.62. The molecule has 118 valence electrons. The number of esters is 1. The van der Waals surface area contributed by atoms with Gasteiger partial charge in [-0.15, -0.1) is 6.58 Å². The summed E-state index contributed by atoms with van der Waals surface area (Å²) >= 11 is 0. The number of fused-ring (bicyclic) bond motifs is 1. The van der Waals surface area contributed by atoms with Gasteiger partial charge in [0, 0.05) is 37.1 Å². The quantitative estimate of drug-likeness (QED) is 0.461. The molecule has 0 saturated carbocycles. The predicted octanol–water partition coefficient (Wildman–Crippen LogP) is 3.53. The summed E-state index contributed by atoms with van der Waals surface area (Å²) in [5, 5.41) is 1.12. The van der Waals surface area contributed by atoms with Crippen LogP contribution in [-0.4, -0.2) is 35.5 Å². The topological polar surface area (TPSA) is 45.3 Å². The van der Waals surface area contributed by atoms with Gasteiger partial charge in [0.05, 0.1) is 0 Å². The van der Waals surface area contributed by atoms with Crippen molar-refractivity contribution in [2.24, 2.45) is 0 Å². The number of aromatic amines is 1. The zero-order valence-electron chi connectivity index (χ0n) is 13.4. The minimum absolute atomic E-state index is 0.295. The Morgan fingerprint density at radius 3 is 2.91 bits per heavy atom. The first-order valence-corrected chi connectivity index (χ1v) is 7.75. The fourth-order valence-corrected chi connectivity index (χ4v) is 2.67. The van der Waals surface area contributed by atoms with Crippen molar-refractivity contribution in [2.45, 2.75) is 26.7 Å². The lowest BCUT2D eigenvalue weighted by molar-refractivity contribution is -0.131. The average Bonchev–Trinajstić information content (AvgIpc) is 2.87. The van der Waals surface area contributed by atoms with E-state index in [0.29, 0.717) is 5.75 Å². The predicted molar refractivity (Wildman–Crippen MR) is 90.2 cm³/mol. The second kappa shape index (κ2) is 7.80. The Bertz CT molecular complexity index is 646. The fraction of sp³-hybridized carbons (Fsp3) is 0.389. The minimum atomic E-state index is -0.295. The van der Waals surface area contributed by atoms with Crippen LogP contribution in [0.3, 0.4) is 0 Å². The van der Waals surface area contributed by atoms with Gasteiger partial charge in [0.25, 0.3) is 0 Å². The molecule has 0 atom stereocenters. The largest absolute Gasteiger partial charge is 0.427 e. The van der Waals surface area contributed by atoms with Crippen LogP contribution in [0.1, 0.15) is 25.8 Å². The molecular weight excluding hydrogens is 276 g/mol. The van der Waals surface area contributed by atoms with Gasteiger partial charge in [0.2, 0.25) is 0 Å². The summed E-state index contributed by atoms with van der Waals surface area (Å²) in [6, 6.07) is 5.69. The first-order valence-electron chi connectivity index (χ1n) is 7.75. The van der Waals surface area contributed by atoms with E-state index < -0.39 is 0 Å². The van der Waals surface area contributed by atoms with Crippen LogP contribution in [0.25, 0.3) is 10.9 Å². The molecule has 0 bridgehead atoms. The van der Waals surface area contributed by atoms with Crippen molar-refractivity contribution >= 4 is 16.9 Å². The van der Waals surface area contributed by atoms with Gasteiger partial charge < -0.3 is 9.72 Å². The molecule has 0 aliphatic rings. The Hall–Kier alpha value is -2.07. The number of carbonyl (C=O) groups excluding carboxylic acids is 1. The van der Waals surface area contributed by atoms with Gasteiger partial charge in [-0.25, -0.2) is 0 Å². The SMILES string of the molecule is C=CCN(CCC)CCc1c[nH]c2ccc(OC(C)=O)cc12. The summed E-state index contributed by atoms with van der Waals surface area (Å²) < 4.78 is 5.17. The number of H-pyrrole nitrogens is 1. The highest BCUT2D eigenvalue weighted by atomic mass is 16.5. The molecule has 0 radical (unpaired) electrons. The van der Waals surface area contributed by atoms with E-state index in [1.54, 1.807) is 0 Å². The zero-order valence-corrected chi connectivity index (χ0v) is 13.4. The highest BCUT2D eigenvalue weighted by molar-refractivity contribution is 5.85. The number of nitrogens with one attached hydrogen (secondary N) is 1. The highest BCUT2D eigenvalue weighted by Crippen LogP contribution is 2.24. The molecule has 4 nitrogen and oxygen atoms in total. The van der Waals surface area contributed by atoms with Gasteiger partial charge in [-0.05, 0) is 43.1 Å². The second-order valence-electron chi connectivity index (χ2n) is 5.45. The first-order chi connectivity index (χ1) is 10.6. The van der Waals surface area contributed by atoms with E-state index in [-0.39, 0.29) is 5.97 Å². The Labute approximate surface area is 131 Å². The maximum absolute atomic E-state index is 11.1. The van der Waals surface area contributed by atoms with Crippen molar-refractivity contribution in [3.63, 3.8) is 0 Å². The van der Waals surface area contributed by atoms with Crippen molar-refractivity contribution < 1.29 is 9.53 Å². The zero-order chi connectivity index (χ0) is 15.9. The van der Waals surface area contributed by atoms with Crippen molar-refractivity contribution in [3.05, 3.63) is 42.6 Å². The van der Waals surface area contributed by atoms with E-state index in [1.807, 2.05) is 30.5 Å². The van der Waals surface area contributed by atoms with E-state index in [0.717, 1.165) is 43.4 Å². The lowest BCUT2D eigenvalue weighted by atomic mass is 10.1. The molecule has 0 aliphatic heterocycles. The molecule has 1 N–H and O–H groups in total. The number of nitrogens with zero attached hydrogens (tertiary/aromatic N) is 1. The molecule has 2 rings (SSSR count). The Balaban J connectivity index is 2.13. The second-order valence-corrected chi connectivity index (χ2v) is 5.45. The highest BCUT2D eigenvalue weighted by Gasteiger charge is 2.08. The fourth-order valence-electron chi connectivity index (χ4n) is 2.67. The molecular formula is C18H24N2O2. The average molecular weight is 300 g/mol. The number of benzene rings is 1. The molecule has 0 unspecified atom stereocenters. The van der Waals surface area contributed by atoms with Crippen LogP contribution in [0, 0.1) is 0 Å². The van der Waals surface area contributed by atoms with E-state index >= 15 is 0 Å². The molecule has 1 aromatic heterocycles. The molecule has 0 saturated heterocycles. The van der Waals surface area contributed by atoms with Crippen molar-refractivity contribution in [1.82, 2.24) is 9.88 Å². The number of carbonyl (C=O) groups is 1. The van der Waals surface area contributed by atoms with Gasteiger partial charge in [0.1, 0.15) is 5.75 Å². The molecule has 0 aliphatic carbocycles. The number of hydrogen-bond donors (Lipinski definition) is 1. The maximum atomic E-state index is 11.1. The molecule has 0 fully saturated rings. The van der Waals surface area contributed by atoms with E-state index in [4.69, 9.17) is 4.74 Å². The van der Waals surface area contributed by atoms with E-state index in [2.05, 4.69) is 23.4 Å². The third-order valence-electron chi connectivity index (χ3n) is 3.62. The molecule has 1 heterocycles. The standard InChI is InChI=1S/C18H24N2O2/c1-4-9-20(10-5-2)11-8-15-13-19-18-7-6-16(12-17(15)18)22-14(3)21/h4,6-7,12-13,19H,1,5,8-11H2,2-3H3. The van der Waals surface area contributed by atoms with Crippen LogP contribution in [0.2, 0.25) is 0 Å². The molecule has 22 heavy (non-hydrogen) atoms. The number of aromatic nitrogens is 1. The van der Waals surface area contributed by atoms with Crippen LogP contribution in [0.15, 0.2) is 37.1 Å². The van der Waals surface area contributed by atoms with Crippen molar-refractivity contribution in [1.29, 1.82) is 0 Å². The van der Waals surface area contributed by atoms with Gasteiger partial charge in [-0.2, -0.15) is 0 Å². The van der Waals surface area contributed by atoms with E-state index in [9.17, 15) is 4.79 Å². The van der Waals surface area contributed by atoms with Crippen molar-refractivity contribution in [3.8, 4) is 5.75 Å². The Morgan fingerprint density at radius 1 is 1.41 bits per heavy atom. The Kier molecular flexibility index (Phi) is 5.78. The Morgan fingerprint density at radius 2 is 2.23 bits per heavy atom. The van der Waals surface area contributed by atoms with Gasteiger partial charge in [-0.3, -0.25) is 9.69 Å².